The first kappa shape index (κ1) is 14.6. The molecular formula is C13H11BrCl2N2O. The van der Waals surface area contributed by atoms with E-state index in [0.717, 1.165) is 5.56 Å². The second kappa shape index (κ2) is 6.09. The summed E-state index contributed by atoms with van der Waals surface area (Å²) in [5.74, 6) is 0.874. The summed E-state index contributed by atoms with van der Waals surface area (Å²) in [6.07, 6.45) is 1.64. The molecule has 1 aromatic heterocycles. The number of pyridine rings is 1. The van der Waals surface area contributed by atoms with Crippen LogP contribution in [-0.4, -0.2) is 4.98 Å². The SMILES string of the molecule is CC(N)c1ccnc(Oc2cc(Cl)c(Br)cc2Cl)c1. The number of hydrogen-bond acceptors (Lipinski definition) is 3. The number of benzene rings is 1. The van der Waals surface area contributed by atoms with Gasteiger partial charge in [-0.05, 0) is 40.5 Å². The maximum atomic E-state index is 6.09. The van der Waals surface area contributed by atoms with Crippen molar-refractivity contribution in [3.05, 3.63) is 50.5 Å². The smallest absolute Gasteiger partial charge is 0.219 e. The monoisotopic (exact) mass is 360 g/mol. The van der Waals surface area contributed by atoms with Crippen molar-refractivity contribution in [2.75, 3.05) is 0 Å². The molecule has 0 radical (unpaired) electrons. The Morgan fingerprint density at radius 3 is 2.68 bits per heavy atom. The third-order valence-electron chi connectivity index (χ3n) is 2.47. The van der Waals surface area contributed by atoms with Crippen LogP contribution in [0, 0.1) is 0 Å². The molecule has 6 heteroatoms. The van der Waals surface area contributed by atoms with Crippen LogP contribution in [0.15, 0.2) is 34.9 Å². The van der Waals surface area contributed by atoms with Gasteiger partial charge >= 0.3 is 0 Å². The highest BCUT2D eigenvalue weighted by Gasteiger charge is 2.09. The average molecular weight is 362 g/mol. The predicted molar refractivity (Wildman–Crippen MR) is 81.1 cm³/mol. The summed E-state index contributed by atoms with van der Waals surface area (Å²) in [6, 6.07) is 6.84. The Morgan fingerprint density at radius 1 is 1.26 bits per heavy atom. The minimum atomic E-state index is -0.0886. The molecule has 3 nitrogen and oxygen atoms in total. The third kappa shape index (κ3) is 3.60. The summed E-state index contributed by atoms with van der Waals surface area (Å²) < 4.78 is 6.34. The zero-order valence-corrected chi connectivity index (χ0v) is 13.1. The van der Waals surface area contributed by atoms with Crippen LogP contribution in [-0.2, 0) is 0 Å². The van der Waals surface area contributed by atoms with Gasteiger partial charge in [0.1, 0.15) is 5.75 Å². The molecular weight excluding hydrogens is 351 g/mol. The minimum Gasteiger partial charge on any atom is -0.437 e. The highest BCUT2D eigenvalue weighted by molar-refractivity contribution is 9.10. The summed E-state index contributed by atoms with van der Waals surface area (Å²) in [5, 5.41) is 0.965. The number of aromatic nitrogens is 1. The van der Waals surface area contributed by atoms with E-state index in [1.807, 2.05) is 13.0 Å². The second-order valence-corrected chi connectivity index (χ2v) is 5.68. The standard InChI is InChI=1S/C13H11BrCl2N2O/c1-7(17)8-2-3-18-13(4-8)19-12-6-10(15)9(14)5-11(12)16/h2-7H,17H2,1H3. The van der Waals surface area contributed by atoms with E-state index >= 15 is 0 Å². The molecule has 2 N–H and O–H groups in total. The quantitative estimate of drug-likeness (QED) is 0.785. The van der Waals surface area contributed by atoms with Crippen molar-refractivity contribution in [2.24, 2.45) is 5.73 Å². The molecule has 0 saturated heterocycles. The fraction of sp³-hybridized carbons (Fsp3) is 0.154. The van der Waals surface area contributed by atoms with Gasteiger partial charge in [0, 0.05) is 28.8 Å². The van der Waals surface area contributed by atoms with Crippen LogP contribution in [0.5, 0.6) is 11.6 Å². The van der Waals surface area contributed by atoms with Crippen molar-refractivity contribution < 1.29 is 4.74 Å². The van der Waals surface area contributed by atoms with Crippen molar-refractivity contribution in [2.45, 2.75) is 13.0 Å². The average Bonchev–Trinajstić information content (AvgIpc) is 2.36. The van der Waals surface area contributed by atoms with E-state index in [2.05, 4.69) is 20.9 Å². The molecule has 2 rings (SSSR count). The Labute approximate surface area is 129 Å². The molecule has 0 amide bonds. The van der Waals surface area contributed by atoms with Crippen LogP contribution < -0.4 is 10.5 Å². The summed E-state index contributed by atoms with van der Waals surface area (Å²) in [7, 11) is 0. The Morgan fingerprint density at radius 2 is 2.00 bits per heavy atom. The first-order chi connectivity index (χ1) is 8.97. The van der Waals surface area contributed by atoms with Gasteiger partial charge in [0.15, 0.2) is 0 Å². The highest BCUT2D eigenvalue weighted by atomic mass is 79.9. The molecule has 1 atom stereocenters. The molecule has 0 spiro atoms. The summed E-state index contributed by atoms with van der Waals surface area (Å²) in [5.41, 5.74) is 6.75. The first-order valence-electron chi connectivity index (χ1n) is 5.51. The molecule has 0 fully saturated rings. The van der Waals surface area contributed by atoms with Crippen LogP contribution in [0.2, 0.25) is 10.0 Å². The molecule has 0 aliphatic carbocycles. The summed E-state index contributed by atoms with van der Waals surface area (Å²) >= 11 is 15.4. The van der Waals surface area contributed by atoms with Gasteiger partial charge in [0.25, 0.3) is 0 Å². The lowest BCUT2D eigenvalue weighted by atomic mass is 10.1. The molecule has 1 aromatic carbocycles. The largest absolute Gasteiger partial charge is 0.437 e. The van der Waals surface area contributed by atoms with Crippen molar-refractivity contribution in [3.8, 4) is 11.6 Å². The number of nitrogens with two attached hydrogens (primary N) is 1. The molecule has 0 aliphatic rings. The van der Waals surface area contributed by atoms with Gasteiger partial charge in [-0.15, -0.1) is 0 Å². The predicted octanol–water partition coefficient (Wildman–Crippen LogP) is 4.96. The van der Waals surface area contributed by atoms with E-state index in [0.29, 0.717) is 26.1 Å². The lowest BCUT2D eigenvalue weighted by molar-refractivity contribution is 0.461. The van der Waals surface area contributed by atoms with Crippen molar-refractivity contribution in [3.63, 3.8) is 0 Å². The molecule has 100 valence electrons. The Kier molecular flexibility index (Phi) is 4.68. The van der Waals surface area contributed by atoms with E-state index in [9.17, 15) is 0 Å². The van der Waals surface area contributed by atoms with Crippen LogP contribution in [0.1, 0.15) is 18.5 Å². The Bertz CT molecular complexity index is 605. The van der Waals surface area contributed by atoms with E-state index in [-0.39, 0.29) is 6.04 Å². The minimum absolute atomic E-state index is 0.0886. The van der Waals surface area contributed by atoms with Gasteiger partial charge in [-0.1, -0.05) is 23.2 Å². The molecule has 1 unspecified atom stereocenters. The first-order valence-corrected chi connectivity index (χ1v) is 7.06. The number of ether oxygens (including phenoxy) is 1. The van der Waals surface area contributed by atoms with E-state index < -0.39 is 0 Å². The molecule has 19 heavy (non-hydrogen) atoms. The zero-order valence-electron chi connectivity index (χ0n) is 10.0. The van der Waals surface area contributed by atoms with E-state index in [1.54, 1.807) is 24.4 Å². The normalized spacial score (nSPS) is 12.3. The Hall–Kier alpha value is -0.810. The highest BCUT2D eigenvalue weighted by Crippen LogP contribution is 2.36. The molecule has 0 bridgehead atoms. The maximum Gasteiger partial charge on any atom is 0.219 e. The molecule has 0 aliphatic heterocycles. The van der Waals surface area contributed by atoms with Gasteiger partial charge < -0.3 is 10.5 Å². The lowest BCUT2D eigenvalue weighted by Crippen LogP contribution is -2.05. The molecule has 0 saturated carbocycles. The fourth-order valence-electron chi connectivity index (χ4n) is 1.46. The molecule has 1 heterocycles. The van der Waals surface area contributed by atoms with Gasteiger partial charge in [-0.3, -0.25) is 0 Å². The summed E-state index contributed by atoms with van der Waals surface area (Å²) in [4.78, 5) is 4.12. The molecule has 2 aromatic rings. The van der Waals surface area contributed by atoms with Crippen molar-refractivity contribution in [1.82, 2.24) is 4.98 Å². The number of halogens is 3. The maximum absolute atomic E-state index is 6.09. The van der Waals surface area contributed by atoms with E-state index in [1.165, 1.54) is 0 Å². The van der Waals surface area contributed by atoms with Gasteiger partial charge in [-0.2, -0.15) is 0 Å². The van der Waals surface area contributed by atoms with Crippen LogP contribution in [0.4, 0.5) is 0 Å². The van der Waals surface area contributed by atoms with Crippen LogP contribution >= 0.6 is 39.1 Å². The van der Waals surface area contributed by atoms with Crippen molar-refractivity contribution >= 4 is 39.1 Å². The third-order valence-corrected chi connectivity index (χ3v) is 3.97. The number of rotatable bonds is 3. The number of hydrogen-bond donors (Lipinski definition) is 1. The zero-order chi connectivity index (χ0) is 14.0. The fourth-order valence-corrected chi connectivity index (χ4v) is 2.29. The van der Waals surface area contributed by atoms with Crippen LogP contribution in [0.25, 0.3) is 0 Å². The van der Waals surface area contributed by atoms with Crippen LogP contribution in [0.3, 0.4) is 0 Å². The second-order valence-electron chi connectivity index (χ2n) is 4.01. The van der Waals surface area contributed by atoms with Gasteiger partial charge in [0.05, 0.1) is 10.0 Å². The van der Waals surface area contributed by atoms with Crippen molar-refractivity contribution in [1.29, 1.82) is 0 Å². The lowest BCUT2D eigenvalue weighted by Gasteiger charge is -2.10. The topological polar surface area (TPSA) is 48.1 Å². The van der Waals surface area contributed by atoms with Gasteiger partial charge in [0.2, 0.25) is 5.88 Å². The van der Waals surface area contributed by atoms with Gasteiger partial charge in [-0.25, -0.2) is 4.98 Å². The number of nitrogens with zero attached hydrogens (tertiary/aromatic N) is 1. The Balaban J connectivity index is 2.31. The van der Waals surface area contributed by atoms with E-state index in [4.69, 9.17) is 33.7 Å². The summed E-state index contributed by atoms with van der Waals surface area (Å²) in [6.45, 7) is 1.89.